The van der Waals surface area contributed by atoms with Crippen LogP contribution in [0.4, 0.5) is 0 Å². The van der Waals surface area contributed by atoms with Crippen LogP contribution in [0.15, 0.2) is 37.0 Å². The highest BCUT2D eigenvalue weighted by Gasteiger charge is 2.03. The van der Waals surface area contributed by atoms with E-state index in [1.165, 1.54) is 6.08 Å². The van der Waals surface area contributed by atoms with Crippen molar-refractivity contribution in [2.75, 3.05) is 5.88 Å². The van der Waals surface area contributed by atoms with E-state index in [0.717, 1.165) is 0 Å². The van der Waals surface area contributed by atoms with Gasteiger partial charge in [0, 0.05) is 17.9 Å². The Labute approximate surface area is 78.4 Å². The molecular weight excluding hydrogens is 172 g/mol. The van der Waals surface area contributed by atoms with Gasteiger partial charge in [0.2, 0.25) is 0 Å². The van der Waals surface area contributed by atoms with Gasteiger partial charge in [-0.05, 0) is 6.42 Å². The van der Waals surface area contributed by atoms with E-state index in [0.29, 0.717) is 24.3 Å². The summed E-state index contributed by atoms with van der Waals surface area (Å²) < 4.78 is 0. The zero-order valence-corrected chi connectivity index (χ0v) is 7.81. The number of alkyl halides is 1. The van der Waals surface area contributed by atoms with Crippen LogP contribution >= 0.6 is 11.6 Å². The first-order valence-electron chi connectivity index (χ1n) is 3.80. The Morgan fingerprint density at radius 2 is 2.08 bits per heavy atom. The van der Waals surface area contributed by atoms with Crippen LogP contribution in [-0.2, 0) is 4.79 Å². The first-order valence-corrected chi connectivity index (χ1v) is 4.34. The second kappa shape index (κ2) is 6.86. The SMILES string of the molecule is C=C/C=C(\C=C)C(=O)CCCCl. The fraction of sp³-hybridized carbons (Fsp3) is 0.300. The van der Waals surface area contributed by atoms with Crippen LogP contribution in [0.5, 0.6) is 0 Å². The van der Waals surface area contributed by atoms with Crippen molar-refractivity contribution in [1.82, 2.24) is 0 Å². The van der Waals surface area contributed by atoms with E-state index in [4.69, 9.17) is 11.6 Å². The van der Waals surface area contributed by atoms with Gasteiger partial charge in [-0.1, -0.05) is 31.4 Å². The summed E-state index contributed by atoms with van der Waals surface area (Å²) >= 11 is 5.45. The van der Waals surface area contributed by atoms with Crippen molar-refractivity contribution < 1.29 is 4.79 Å². The second-order valence-corrected chi connectivity index (χ2v) is 2.66. The minimum Gasteiger partial charge on any atom is -0.294 e. The van der Waals surface area contributed by atoms with Gasteiger partial charge in [0.05, 0.1) is 0 Å². The number of carbonyl (C=O) groups excluding carboxylic acids is 1. The summed E-state index contributed by atoms with van der Waals surface area (Å²) in [7, 11) is 0. The second-order valence-electron chi connectivity index (χ2n) is 2.28. The zero-order valence-electron chi connectivity index (χ0n) is 7.05. The molecule has 0 aliphatic rings. The topological polar surface area (TPSA) is 17.1 Å². The number of carbonyl (C=O) groups is 1. The van der Waals surface area contributed by atoms with Gasteiger partial charge < -0.3 is 0 Å². The Balaban J connectivity index is 4.12. The average Bonchev–Trinajstić information content (AvgIpc) is 2.10. The van der Waals surface area contributed by atoms with Gasteiger partial charge in [-0.15, -0.1) is 11.6 Å². The first-order chi connectivity index (χ1) is 5.76. The minimum atomic E-state index is 0.0746. The number of halogens is 1. The molecule has 0 spiro atoms. The van der Waals surface area contributed by atoms with Crippen LogP contribution in [0.2, 0.25) is 0 Å². The standard InChI is InChI=1S/C10H13ClO/c1-3-6-9(4-2)10(12)7-5-8-11/h3-4,6H,1-2,5,7-8H2/b9-6+. The molecule has 0 saturated carbocycles. The molecule has 0 heterocycles. The largest absolute Gasteiger partial charge is 0.294 e. The zero-order chi connectivity index (χ0) is 9.40. The number of rotatable bonds is 6. The number of allylic oxidation sites excluding steroid dienone is 4. The summed E-state index contributed by atoms with van der Waals surface area (Å²) in [5, 5.41) is 0. The predicted octanol–water partition coefficient (Wildman–Crippen LogP) is 2.87. The molecule has 0 unspecified atom stereocenters. The highest BCUT2D eigenvalue weighted by atomic mass is 35.5. The first kappa shape index (κ1) is 11.2. The van der Waals surface area contributed by atoms with Crippen molar-refractivity contribution in [3.05, 3.63) is 37.0 Å². The van der Waals surface area contributed by atoms with Gasteiger partial charge >= 0.3 is 0 Å². The summed E-state index contributed by atoms with van der Waals surface area (Å²) in [5.74, 6) is 0.593. The Bertz CT molecular complexity index is 204. The summed E-state index contributed by atoms with van der Waals surface area (Å²) in [6.45, 7) is 7.05. The Hall–Kier alpha value is -0.820. The molecule has 0 radical (unpaired) electrons. The maximum atomic E-state index is 11.3. The van der Waals surface area contributed by atoms with Crippen LogP contribution in [0.25, 0.3) is 0 Å². The number of hydrogen-bond acceptors (Lipinski definition) is 1. The summed E-state index contributed by atoms with van der Waals surface area (Å²) in [5.41, 5.74) is 0.607. The van der Waals surface area contributed by atoms with Crippen molar-refractivity contribution in [3.8, 4) is 0 Å². The van der Waals surface area contributed by atoms with Crippen molar-refractivity contribution in [2.24, 2.45) is 0 Å². The van der Waals surface area contributed by atoms with Crippen LogP contribution in [0.1, 0.15) is 12.8 Å². The molecule has 66 valence electrons. The third-order valence-electron chi connectivity index (χ3n) is 1.38. The third kappa shape index (κ3) is 4.14. The van der Waals surface area contributed by atoms with Gasteiger partial charge in [-0.3, -0.25) is 4.79 Å². The predicted molar refractivity (Wildman–Crippen MR) is 53.4 cm³/mol. The lowest BCUT2D eigenvalue weighted by Gasteiger charge is -1.97. The molecule has 2 heteroatoms. The van der Waals surface area contributed by atoms with Crippen LogP contribution in [-0.4, -0.2) is 11.7 Å². The fourth-order valence-electron chi connectivity index (χ4n) is 0.774. The van der Waals surface area contributed by atoms with E-state index < -0.39 is 0 Å². The van der Waals surface area contributed by atoms with E-state index >= 15 is 0 Å². The average molecular weight is 185 g/mol. The molecule has 0 aromatic carbocycles. The fourth-order valence-corrected chi connectivity index (χ4v) is 0.907. The maximum Gasteiger partial charge on any atom is 0.162 e. The van der Waals surface area contributed by atoms with Crippen molar-refractivity contribution >= 4 is 17.4 Å². The Kier molecular flexibility index (Phi) is 6.39. The number of hydrogen-bond donors (Lipinski definition) is 0. The van der Waals surface area contributed by atoms with Gasteiger partial charge in [0.1, 0.15) is 0 Å². The van der Waals surface area contributed by atoms with Crippen molar-refractivity contribution in [2.45, 2.75) is 12.8 Å². The van der Waals surface area contributed by atoms with Crippen LogP contribution < -0.4 is 0 Å². The van der Waals surface area contributed by atoms with E-state index in [9.17, 15) is 4.79 Å². The lowest BCUT2D eigenvalue weighted by atomic mass is 10.1. The molecular formula is C10H13ClO. The molecule has 0 aromatic rings. The lowest BCUT2D eigenvalue weighted by Crippen LogP contribution is -2.00. The van der Waals surface area contributed by atoms with E-state index in [-0.39, 0.29) is 5.78 Å². The van der Waals surface area contributed by atoms with Gasteiger partial charge in [0.15, 0.2) is 5.78 Å². The Morgan fingerprint density at radius 1 is 1.42 bits per heavy atom. The summed E-state index contributed by atoms with van der Waals surface area (Å²) in [6, 6.07) is 0. The smallest absolute Gasteiger partial charge is 0.162 e. The summed E-state index contributed by atoms with van der Waals surface area (Å²) in [6.07, 6.45) is 5.97. The Morgan fingerprint density at radius 3 is 2.50 bits per heavy atom. The highest BCUT2D eigenvalue weighted by molar-refractivity contribution is 6.18. The van der Waals surface area contributed by atoms with E-state index in [2.05, 4.69) is 13.2 Å². The summed E-state index contributed by atoms with van der Waals surface area (Å²) in [4.78, 5) is 11.3. The molecule has 0 saturated heterocycles. The minimum absolute atomic E-state index is 0.0746. The number of Topliss-reactive ketones (excluding diaryl/α,β-unsaturated/α-hetero) is 1. The molecule has 0 N–H and O–H groups in total. The van der Waals surface area contributed by atoms with Gasteiger partial charge in [-0.25, -0.2) is 0 Å². The van der Waals surface area contributed by atoms with Crippen molar-refractivity contribution in [1.29, 1.82) is 0 Å². The van der Waals surface area contributed by atoms with E-state index in [1.54, 1.807) is 12.2 Å². The lowest BCUT2D eigenvalue weighted by molar-refractivity contribution is -0.115. The highest BCUT2D eigenvalue weighted by Crippen LogP contribution is 2.04. The third-order valence-corrected chi connectivity index (χ3v) is 1.64. The molecule has 0 bridgehead atoms. The molecule has 0 rings (SSSR count). The molecule has 0 aliphatic heterocycles. The molecule has 0 aromatic heterocycles. The molecule has 0 atom stereocenters. The van der Waals surface area contributed by atoms with Crippen LogP contribution in [0.3, 0.4) is 0 Å². The van der Waals surface area contributed by atoms with E-state index in [1.807, 2.05) is 0 Å². The maximum absolute atomic E-state index is 11.3. The molecule has 0 aliphatic carbocycles. The molecule has 0 amide bonds. The molecule has 0 fully saturated rings. The molecule has 1 nitrogen and oxygen atoms in total. The molecule has 12 heavy (non-hydrogen) atoms. The van der Waals surface area contributed by atoms with Crippen LogP contribution in [0, 0.1) is 0 Å². The quantitative estimate of drug-likeness (QED) is 0.353. The monoisotopic (exact) mass is 184 g/mol. The number of ketones is 1. The van der Waals surface area contributed by atoms with Crippen molar-refractivity contribution in [3.63, 3.8) is 0 Å². The normalized spacial score (nSPS) is 10.9. The van der Waals surface area contributed by atoms with Gasteiger partial charge in [-0.2, -0.15) is 0 Å². The van der Waals surface area contributed by atoms with Gasteiger partial charge in [0.25, 0.3) is 0 Å².